The van der Waals surface area contributed by atoms with Gasteiger partial charge in [-0.2, -0.15) is 0 Å². The van der Waals surface area contributed by atoms with E-state index in [0.717, 1.165) is 11.4 Å². The molecule has 100 valence electrons. The van der Waals surface area contributed by atoms with Crippen LogP contribution in [0.15, 0.2) is 24.4 Å². The number of benzene rings is 1. The average Bonchev–Trinajstić information content (AvgIpc) is 3.04. The van der Waals surface area contributed by atoms with E-state index in [4.69, 9.17) is 0 Å². The Morgan fingerprint density at radius 1 is 1.32 bits per heavy atom. The van der Waals surface area contributed by atoms with Crippen molar-refractivity contribution in [1.29, 1.82) is 0 Å². The molecule has 0 aliphatic heterocycles. The molecule has 1 N–H and O–H groups in total. The second kappa shape index (κ2) is 5.43. The first kappa shape index (κ1) is 12.8. The molecule has 2 aromatic rings. The Kier molecular flexibility index (Phi) is 3.67. The highest BCUT2D eigenvalue weighted by Crippen LogP contribution is 2.27. The van der Waals surface area contributed by atoms with Crippen molar-refractivity contribution in [3.05, 3.63) is 51.0 Å². The van der Waals surface area contributed by atoms with Crippen molar-refractivity contribution >= 4 is 11.3 Å². The van der Waals surface area contributed by atoms with Crippen molar-refractivity contribution in [1.82, 2.24) is 10.3 Å². The molecule has 19 heavy (non-hydrogen) atoms. The summed E-state index contributed by atoms with van der Waals surface area (Å²) in [7, 11) is 2.03. The first-order chi connectivity index (χ1) is 9.26. The fourth-order valence-corrected chi connectivity index (χ4v) is 3.77. The van der Waals surface area contributed by atoms with Gasteiger partial charge in [-0.1, -0.05) is 18.2 Å². The minimum atomic E-state index is 0.380. The molecular formula is C16H20N2S. The van der Waals surface area contributed by atoms with E-state index in [0.29, 0.717) is 6.04 Å². The second-order valence-electron chi connectivity index (χ2n) is 5.28. The minimum absolute atomic E-state index is 0.380. The van der Waals surface area contributed by atoms with Crippen molar-refractivity contribution < 1.29 is 0 Å². The Labute approximate surface area is 118 Å². The van der Waals surface area contributed by atoms with E-state index in [-0.39, 0.29) is 0 Å². The van der Waals surface area contributed by atoms with Crippen LogP contribution >= 0.6 is 11.3 Å². The lowest BCUT2D eigenvalue weighted by atomic mass is 10.0. The third kappa shape index (κ3) is 2.72. The van der Waals surface area contributed by atoms with Crippen LogP contribution in [0.1, 0.15) is 39.0 Å². The molecule has 0 bridgehead atoms. The van der Waals surface area contributed by atoms with Gasteiger partial charge in [-0.05, 0) is 56.3 Å². The van der Waals surface area contributed by atoms with Crippen LogP contribution < -0.4 is 5.32 Å². The number of thiazole rings is 1. The van der Waals surface area contributed by atoms with Gasteiger partial charge in [0.15, 0.2) is 0 Å². The topological polar surface area (TPSA) is 24.9 Å². The van der Waals surface area contributed by atoms with E-state index in [1.54, 1.807) is 22.5 Å². The average molecular weight is 272 g/mol. The lowest BCUT2D eigenvalue weighted by Crippen LogP contribution is -2.17. The summed E-state index contributed by atoms with van der Waals surface area (Å²) in [5.74, 6) is 0. The van der Waals surface area contributed by atoms with Gasteiger partial charge < -0.3 is 5.32 Å². The van der Waals surface area contributed by atoms with E-state index in [9.17, 15) is 0 Å². The lowest BCUT2D eigenvalue weighted by Gasteiger charge is -2.15. The number of aryl methyl sites for hydroxylation is 3. The quantitative estimate of drug-likeness (QED) is 0.922. The Morgan fingerprint density at radius 3 is 2.89 bits per heavy atom. The molecule has 1 heterocycles. The predicted octanol–water partition coefficient (Wildman–Crippen LogP) is 3.44. The number of hydrogen-bond acceptors (Lipinski definition) is 3. The van der Waals surface area contributed by atoms with Crippen molar-refractivity contribution in [3.63, 3.8) is 0 Å². The molecule has 0 fully saturated rings. The Hall–Kier alpha value is -1.19. The number of likely N-dealkylation sites (N-methyl/N-ethyl adjacent to an activating group) is 1. The summed E-state index contributed by atoms with van der Waals surface area (Å²) in [6.45, 7) is 2.07. The van der Waals surface area contributed by atoms with Crippen molar-refractivity contribution in [3.8, 4) is 0 Å². The third-order valence-corrected chi connectivity index (χ3v) is 4.96. The monoisotopic (exact) mass is 272 g/mol. The van der Waals surface area contributed by atoms with Crippen LogP contribution in [0.4, 0.5) is 0 Å². The number of fused-ring (bicyclic) bond motifs is 1. The Bertz CT molecular complexity index is 574. The van der Waals surface area contributed by atoms with Gasteiger partial charge in [0, 0.05) is 17.1 Å². The SMILES string of the molecule is CNC(Cc1ccc2c(c1)CCC2)c1cnc(C)s1. The molecule has 1 aromatic carbocycles. The molecule has 0 amide bonds. The first-order valence-electron chi connectivity index (χ1n) is 6.96. The summed E-state index contributed by atoms with van der Waals surface area (Å²) in [5.41, 5.74) is 4.55. The Balaban J connectivity index is 1.79. The number of hydrogen-bond donors (Lipinski definition) is 1. The van der Waals surface area contributed by atoms with Crippen molar-refractivity contribution in [2.45, 2.75) is 38.6 Å². The molecule has 1 aliphatic carbocycles. The minimum Gasteiger partial charge on any atom is -0.312 e. The van der Waals surface area contributed by atoms with Crippen LogP contribution in [0.3, 0.4) is 0 Å². The lowest BCUT2D eigenvalue weighted by molar-refractivity contribution is 0.601. The molecule has 1 unspecified atom stereocenters. The molecule has 0 radical (unpaired) electrons. The largest absolute Gasteiger partial charge is 0.312 e. The standard InChI is InChI=1S/C16H20N2S/c1-11-18-10-16(19-11)15(17-2)9-12-6-7-13-4-3-5-14(13)8-12/h6-8,10,15,17H,3-5,9H2,1-2H3. The molecule has 1 aliphatic rings. The molecule has 0 spiro atoms. The highest BCUT2D eigenvalue weighted by molar-refractivity contribution is 7.11. The summed E-state index contributed by atoms with van der Waals surface area (Å²) in [4.78, 5) is 5.70. The smallest absolute Gasteiger partial charge is 0.0897 e. The van der Waals surface area contributed by atoms with Crippen LogP contribution in [0, 0.1) is 6.92 Å². The van der Waals surface area contributed by atoms with Crippen LogP contribution in [0.2, 0.25) is 0 Å². The van der Waals surface area contributed by atoms with E-state index in [1.165, 1.54) is 29.7 Å². The second-order valence-corrected chi connectivity index (χ2v) is 6.55. The molecule has 1 atom stereocenters. The molecular weight excluding hydrogens is 252 g/mol. The van der Waals surface area contributed by atoms with Gasteiger partial charge in [0.2, 0.25) is 0 Å². The fraction of sp³-hybridized carbons (Fsp3) is 0.438. The predicted molar refractivity (Wildman–Crippen MR) is 80.8 cm³/mol. The zero-order valence-corrected chi connectivity index (χ0v) is 12.4. The molecule has 1 aromatic heterocycles. The maximum absolute atomic E-state index is 4.36. The highest BCUT2D eigenvalue weighted by Gasteiger charge is 2.15. The number of nitrogens with one attached hydrogen (secondary N) is 1. The molecule has 0 saturated carbocycles. The highest BCUT2D eigenvalue weighted by atomic mass is 32.1. The zero-order valence-electron chi connectivity index (χ0n) is 11.6. The summed E-state index contributed by atoms with van der Waals surface area (Å²) in [6.07, 6.45) is 6.90. The van der Waals surface area contributed by atoms with Crippen LogP contribution in [-0.4, -0.2) is 12.0 Å². The molecule has 2 nitrogen and oxygen atoms in total. The van der Waals surface area contributed by atoms with E-state index in [1.807, 2.05) is 13.2 Å². The van der Waals surface area contributed by atoms with Gasteiger partial charge in [-0.3, -0.25) is 0 Å². The maximum Gasteiger partial charge on any atom is 0.0897 e. The number of aromatic nitrogens is 1. The van der Waals surface area contributed by atoms with Crippen molar-refractivity contribution in [2.75, 3.05) is 7.05 Å². The number of rotatable bonds is 4. The Morgan fingerprint density at radius 2 is 2.16 bits per heavy atom. The van der Waals surface area contributed by atoms with E-state index in [2.05, 4.69) is 35.4 Å². The van der Waals surface area contributed by atoms with E-state index >= 15 is 0 Å². The van der Waals surface area contributed by atoms with Crippen LogP contribution in [-0.2, 0) is 19.3 Å². The summed E-state index contributed by atoms with van der Waals surface area (Å²) in [5, 5.41) is 4.56. The fourth-order valence-electron chi connectivity index (χ4n) is 2.87. The first-order valence-corrected chi connectivity index (χ1v) is 7.78. The summed E-state index contributed by atoms with van der Waals surface area (Å²) >= 11 is 1.79. The van der Waals surface area contributed by atoms with Gasteiger partial charge in [-0.25, -0.2) is 4.98 Å². The van der Waals surface area contributed by atoms with Crippen molar-refractivity contribution in [2.24, 2.45) is 0 Å². The van der Waals surface area contributed by atoms with Gasteiger partial charge in [-0.15, -0.1) is 11.3 Å². The van der Waals surface area contributed by atoms with Gasteiger partial charge in [0.1, 0.15) is 0 Å². The molecule has 3 heteroatoms. The third-order valence-electron chi connectivity index (χ3n) is 3.93. The normalized spacial score (nSPS) is 15.5. The summed E-state index contributed by atoms with van der Waals surface area (Å²) in [6, 6.07) is 7.40. The van der Waals surface area contributed by atoms with Crippen LogP contribution in [0.25, 0.3) is 0 Å². The maximum atomic E-state index is 4.36. The van der Waals surface area contributed by atoms with Gasteiger partial charge in [0.25, 0.3) is 0 Å². The van der Waals surface area contributed by atoms with Crippen LogP contribution in [0.5, 0.6) is 0 Å². The zero-order chi connectivity index (χ0) is 13.2. The van der Waals surface area contributed by atoms with Gasteiger partial charge >= 0.3 is 0 Å². The van der Waals surface area contributed by atoms with Gasteiger partial charge in [0.05, 0.1) is 5.01 Å². The number of nitrogens with zero attached hydrogens (tertiary/aromatic N) is 1. The molecule has 0 saturated heterocycles. The molecule has 3 rings (SSSR count). The van der Waals surface area contributed by atoms with E-state index < -0.39 is 0 Å². The summed E-state index contributed by atoms with van der Waals surface area (Å²) < 4.78 is 0.